The molecule has 254 valence electrons. The standard InChI is InChI=1S/C49H31N3OS/c1-2-10-30(11-3-1)32-20-23-33(24-21-32)47-50-48(36-25-22-31-12-4-5-13-34(31)28-36)52-49(51-47)40-17-9-18-43-45(40)41-29-35(26-27-42(41)53-43)37-15-8-16-39-38-14-6-7-19-44(38)54-46(37)39/h1-29,43,45H. The van der Waals surface area contributed by atoms with Gasteiger partial charge in [-0.3, -0.25) is 0 Å². The van der Waals surface area contributed by atoms with Gasteiger partial charge < -0.3 is 4.74 Å². The molecule has 2 aliphatic rings. The van der Waals surface area contributed by atoms with E-state index in [0.717, 1.165) is 39.0 Å². The molecule has 0 saturated carbocycles. The number of thiophene rings is 1. The van der Waals surface area contributed by atoms with Gasteiger partial charge in [0.05, 0.1) is 5.92 Å². The number of allylic oxidation sites excluding steroid dienone is 2. The van der Waals surface area contributed by atoms with Crippen molar-refractivity contribution in [1.82, 2.24) is 15.0 Å². The van der Waals surface area contributed by atoms with Crippen LogP contribution in [0.2, 0.25) is 0 Å². The van der Waals surface area contributed by atoms with Crippen molar-refractivity contribution in [3.05, 3.63) is 187 Å². The van der Waals surface area contributed by atoms with E-state index in [0.29, 0.717) is 17.5 Å². The van der Waals surface area contributed by atoms with Crippen molar-refractivity contribution in [2.45, 2.75) is 12.0 Å². The molecule has 7 aromatic carbocycles. The number of aromatic nitrogens is 3. The first-order valence-corrected chi connectivity index (χ1v) is 19.1. The fraction of sp³-hybridized carbons (Fsp3) is 0.0408. The van der Waals surface area contributed by atoms with Gasteiger partial charge in [-0.05, 0) is 63.4 Å². The first kappa shape index (κ1) is 30.9. The summed E-state index contributed by atoms with van der Waals surface area (Å²) in [5, 5.41) is 4.91. The summed E-state index contributed by atoms with van der Waals surface area (Å²) in [6.07, 6.45) is 6.22. The zero-order chi connectivity index (χ0) is 35.6. The Balaban J connectivity index is 1.04. The molecular formula is C49H31N3OS. The SMILES string of the molecule is C1=CC2Oc3ccc(-c4cccc5c4sc4ccccc45)cc3C2C(c2nc(-c3ccc(-c4ccccc4)cc3)nc(-c3ccc4ccccc4c3)n2)=C1. The van der Waals surface area contributed by atoms with Gasteiger partial charge in [0.25, 0.3) is 0 Å². The van der Waals surface area contributed by atoms with E-state index in [-0.39, 0.29) is 12.0 Å². The molecule has 54 heavy (non-hydrogen) atoms. The van der Waals surface area contributed by atoms with E-state index in [9.17, 15) is 0 Å². The lowest BCUT2D eigenvalue weighted by molar-refractivity contribution is 0.271. The number of fused-ring (bicyclic) bond motifs is 7. The maximum Gasteiger partial charge on any atom is 0.164 e. The van der Waals surface area contributed by atoms with Crippen LogP contribution in [0.1, 0.15) is 17.3 Å². The predicted octanol–water partition coefficient (Wildman–Crippen LogP) is 12.6. The molecule has 0 fully saturated rings. The Hall–Kier alpha value is -6.69. The maximum atomic E-state index is 6.63. The van der Waals surface area contributed by atoms with Crippen LogP contribution in [0.5, 0.6) is 5.75 Å². The summed E-state index contributed by atoms with van der Waals surface area (Å²) in [7, 11) is 0. The van der Waals surface area contributed by atoms with Gasteiger partial charge in [-0.15, -0.1) is 11.3 Å². The molecule has 0 bridgehead atoms. The molecule has 1 aliphatic carbocycles. The quantitative estimate of drug-likeness (QED) is 0.178. The summed E-state index contributed by atoms with van der Waals surface area (Å²) >= 11 is 1.85. The summed E-state index contributed by atoms with van der Waals surface area (Å²) in [6, 6.07) is 55.7. The largest absolute Gasteiger partial charge is 0.485 e. The number of ether oxygens (including phenoxy) is 1. The Morgan fingerprint density at radius 3 is 2.07 bits per heavy atom. The van der Waals surface area contributed by atoms with Crippen LogP contribution >= 0.6 is 11.3 Å². The van der Waals surface area contributed by atoms with Crippen LogP contribution in [0.3, 0.4) is 0 Å². The minimum Gasteiger partial charge on any atom is -0.485 e. The van der Waals surface area contributed by atoms with Crippen LogP contribution in [0.25, 0.3) is 81.5 Å². The van der Waals surface area contributed by atoms with E-state index in [1.54, 1.807) is 0 Å². The Morgan fingerprint density at radius 1 is 0.500 bits per heavy atom. The topological polar surface area (TPSA) is 47.9 Å². The van der Waals surface area contributed by atoms with Crippen molar-refractivity contribution >= 4 is 47.9 Å². The van der Waals surface area contributed by atoms with Crippen molar-refractivity contribution in [1.29, 1.82) is 0 Å². The highest BCUT2D eigenvalue weighted by Gasteiger charge is 2.39. The molecule has 1 aliphatic heterocycles. The molecule has 5 heteroatoms. The summed E-state index contributed by atoms with van der Waals surface area (Å²) < 4.78 is 9.23. The third-order valence-corrected chi connectivity index (χ3v) is 11.9. The smallest absolute Gasteiger partial charge is 0.164 e. The van der Waals surface area contributed by atoms with Gasteiger partial charge in [0.1, 0.15) is 11.9 Å². The highest BCUT2D eigenvalue weighted by atomic mass is 32.1. The number of benzene rings is 7. The van der Waals surface area contributed by atoms with Gasteiger partial charge >= 0.3 is 0 Å². The molecule has 0 radical (unpaired) electrons. The second kappa shape index (κ2) is 12.5. The highest BCUT2D eigenvalue weighted by molar-refractivity contribution is 7.26. The Bertz CT molecular complexity index is 2980. The fourth-order valence-corrected chi connectivity index (χ4v) is 9.29. The summed E-state index contributed by atoms with van der Waals surface area (Å²) in [6.45, 7) is 0. The zero-order valence-corrected chi connectivity index (χ0v) is 29.9. The summed E-state index contributed by atoms with van der Waals surface area (Å²) in [4.78, 5) is 15.6. The van der Waals surface area contributed by atoms with Crippen molar-refractivity contribution in [3.8, 4) is 50.8 Å². The Morgan fingerprint density at radius 2 is 1.19 bits per heavy atom. The average molecular weight is 710 g/mol. The second-order valence-corrected chi connectivity index (χ2v) is 15.0. The molecule has 9 aromatic rings. The van der Waals surface area contributed by atoms with Crippen molar-refractivity contribution < 1.29 is 4.74 Å². The maximum absolute atomic E-state index is 6.63. The van der Waals surface area contributed by atoms with Crippen molar-refractivity contribution in [2.75, 3.05) is 0 Å². The third-order valence-electron chi connectivity index (χ3n) is 10.7. The molecule has 2 aromatic heterocycles. The molecule has 0 saturated heterocycles. The predicted molar refractivity (Wildman–Crippen MR) is 223 cm³/mol. The van der Waals surface area contributed by atoms with Crippen LogP contribution < -0.4 is 4.74 Å². The molecule has 4 nitrogen and oxygen atoms in total. The molecule has 11 rings (SSSR count). The minimum atomic E-state index is -0.162. The highest BCUT2D eigenvalue weighted by Crippen LogP contribution is 2.50. The van der Waals surface area contributed by atoms with Gasteiger partial charge in [-0.2, -0.15) is 0 Å². The molecular weight excluding hydrogens is 679 g/mol. The molecule has 0 amide bonds. The van der Waals surface area contributed by atoms with Crippen molar-refractivity contribution in [2.24, 2.45) is 0 Å². The average Bonchev–Trinajstić information content (AvgIpc) is 3.82. The lowest BCUT2D eigenvalue weighted by Crippen LogP contribution is -2.20. The Labute approximate surface area is 316 Å². The summed E-state index contributed by atoms with van der Waals surface area (Å²) in [5.74, 6) is 2.76. The van der Waals surface area contributed by atoms with Crippen LogP contribution in [0.4, 0.5) is 0 Å². The van der Waals surface area contributed by atoms with E-state index < -0.39 is 0 Å². The second-order valence-electron chi connectivity index (χ2n) is 13.9. The van der Waals surface area contributed by atoms with Gasteiger partial charge in [-0.1, -0.05) is 146 Å². The molecule has 2 unspecified atom stereocenters. The van der Waals surface area contributed by atoms with Gasteiger partial charge in [0.15, 0.2) is 17.5 Å². The first-order valence-electron chi connectivity index (χ1n) is 18.2. The van der Waals surface area contributed by atoms with Crippen LogP contribution in [-0.4, -0.2) is 21.1 Å². The van der Waals surface area contributed by atoms with Crippen LogP contribution in [-0.2, 0) is 0 Å². The van der Waals surface area contributed by atoms with Gasteiger partial charge in [-0.25, -0.2) is 15.0 Å². The first-order chi connectivity index (χ1) is 26.7. The lowest BCUT2D eigenvalue weighted by Gasteiger charge is -2.22. The van der Waals surface area contributed by atoms with E-state index >= 15 is 0 Å². The van der Waals surface area contributed by atoms with Crippen molar-refractivity contribution in [3.63, 3.8) is 0 Å². The van der Waals surface area contributed by atoms with Crippen LogP contribution in [0.15, 0.2) is 176 Å². The Kier molecular flexibility index (Phi) is 7.13. The molecule has 0 N–H and O–H groups in total. The zero-order valence-electron chi connectivity index (χ0n) is 29.1. The number of rotatable bonds is 5. The lowest BCUT2D eigenvalue weighted by atomic mass is 9.83. The normalized spacial score (nSPS) is 16.0. The molecule has 2 atom stereocenters. The molecule has 3 heterocycles. The number of hydrogen-bond acceptors (Lipinski definition) is 5. The van der Waals surface area contributed by atoms with E-state index in [1.807, 2.05) is 17.4 Å². The monoisotopic (exact) mass is 709 g/mol. The molecule has 0 spiro atoms. The van der Waals surface area contributed by atoms with E-state index in [2.05, 4.69) is 170 Å². The number of nitrogens with zero attached hydrogens (tertiary/aromatic N) is 3. The third kappa shape index (κ3) is 5.16. The van der Waals surface area contributed by atoms with Gasteiger partial charge in [0, 0.05) is 42.4 Å². The minimum absolute atomic E-state index is 0.0771. The van der Waals surface area contributed by atoms with Gasteiger partial charge in [0.2, 0.25) is 0 Å². The van der Waals surface area contributed by atoms with Crippen LogP contribution in [0, 0.1) is 0 Å². The number of hydrogen-bond donors (Lipinski definition) is 0. The summed E-state index contributed by atoms with van der Waals surface area (Å²) in [5.41, 5.74) is 8.78. The van der Waals surface area contributed by atoms with E-state index in [1.165, 1.54) is 42.2 Å². The van der Waals surface area contributed by atoms with E-state index in [4.69, 9.17) is 19.7 Å². The fourth-order valence-electron chi connectivity index (χ4n) is 8.05.